The molecule has 0 unspecified atom stereocenters. The van der Waals surface area contributed by atoms with Crippen LogP contribution in [0.4, 0.5) is 0 Å². The van der Waals surface area contributed by atoms with Crippen LogP contribution in [0.15, 0.2) is 72.8 Å². The number of aryl methyl sites for hydroxylation is 1. The first-order valence-electron chi connectivity index (χ1n) is 11.9. The van der Waals surface area contributed by atoms with E-state index in [4.69, 9.17) is 17.0 Å². The van der Waals surface area contributed by atoms with Gasteiger partial charge in [0.2, 0.25) is 0 Å². The monoisotopic (exact) mass is 599 g/mol. The van der Waals surface area contributed by atoms with Crippen molar-refractivity contribution in [2.45, 2.75) is 52.6 Å². The fourth-order valence-corrected chi connectivity index (χ4v) is 6.85. The molecule has 0 heterocycles. The molecule has 178 valence electrons. The Morgan fingerprint density at radius 3 is 1.79 bits per heavy atom. The van der Waals surface area contributed by atoms with Gasteiger partial charge in [0, 0.05) is 0 Å². The minimum atomic E-state index is -1.45. The zero-order valence-corrected chi connectivity index (χ0v) is 27.4. The molecule has 0 aliphatic rings. The number of hydrogen-bond donors (Lipinski definition) is 0. The third-order valence-corrected chi connectivity index (χ3v) is 10.4. The molecule has 0 aliphatic heterocycles. The molecular weight excluding hydrogens is 567 g/mol. The molecule has 0 saturated carbocycles. The van der Waals surface area contributed by atoms with E-state index in [2.05, 4.69) is 119 Å². The summed E-state index contributed by atoms with van der Waals surface area (Å²) in [5, 5.41) is 5.90. The van der Waals surface area contributed by atoms with Gasteiger partial charge >= 0.3 is 37.9 Å². The average molecular weight is 602 g/mol. The van der Waals surface area contributed by atoms with E-state index in [-0.39, 0.29) is 0 Å². The predicted octanol–water partition coefficient (Wildman–Crippen LogP) is 8.92. The van der Waals surface area contributed by atoms with Gasteiger partial charge < -0.3 is 0 Å². The molecule has 4 aromatic rings. The summed E-state index contributed by atoms with van der Waals surface area (Å²) >= 11 is -0.826. The summed E-state index contributed by atoms with van der Waals surface area (Å²) in [6, 6.07) is 27.9. The van der Waals surface area contributed by atoms with Crippen molar-refractivity contribution < 1.29 is 20.8 Å². The summed E-state index contributed by atoms with van der Waals surface area (Å²) in [7, 11) is 6.96. The Labute approximate surface area is 226 Å². The minimum absolute atomic E-state index is 0.826. The standard InChI is InChI=1S/C29H35Si2.2ClH.Zr/c1-8-21-16-23-14-15-27(22-12-10-9-11-13-22)29(28(23)17-21)24-18-25(30(2,3)4)20-26(19-24)31(5,6)7;;;/h9-20H,8H2,1-7H3;2*1H;/q-1;;;+2/p-2. The Balaban J connectivity index is 0.00000103. The third kappa shape index (κ3) is 6.48. The van der Waals surface area contributed by atoms with Crippen LogP contribution in [0, 0.1) is 0 Å². The van der Waals surface area contributed by atoms with Crippen LogP contribution in [-0.2, 0) is 27.3 Å². The topological polar surface area (TPSA) is 0 Å². The number of benzene rings is 3. The Morgan fingerprint density at radius 1 is 0.735 bits per heavy atom. The van der Waals surface area contributed by atoms with Crippen LogP contribution >= 0.6 is 17.0 Å². The average Bonchev–Trinajstić information content (AvgIpc) is 3.21. The first kappa shape index (κ1) is 27.7. The molecule has 0 amide bonds. The number of rotatable bonds is 5. The van der Waals surface area contributed by atoms with Crippen molar-refractivity contribution in [2.75, 3.05) is 0 Å². The van der Waals surface area contributed by atoms with Crippen molar-refractivity contribution in [3.05, 3.63) is 78.4 Å². The van der Waals surface area contributed by atoms with Crippen LogP contribution in [0.3, 0.4) is 0 Å². The summed E-state index contributed by atoms with van der Waals surface area (Å²) in [5.41, 5.74) is 6.87. The van der Waals surface area contributed by atoms with Crippen LogP contribution in [0.1, 0.15) is 12.5 Å². The van der Waals surface area contributed by atoms with Crippen LogP contribution in [-0.4, -0.2) is 16.1 Å². The Morgan fingerprint density at radius 2 is 1.29 bits per heavy atom. The quantitative estimate of drug-likeness (QED) is 0.158. The summed E-state index contributed by atoms with van der Waals surface area (Å²) in [6.45, 7) is 17.1. The molecular formula is C29H35Cl2Si2Zr-. The molecule has 0 bridgehead atoms. The van der Waals surface area contributed by atoms with Gasteiger partial charge in [-0.15, -0.1) is 28.5 Å². The van der Waals surface area contributed by atoms with Crippen LogP contribution in [0.2, 0.25) is 39.3 Å². The van der Waals surface area contributed by atoms with Gasteiger partial charge in [-0.3, -0.25) is 0 Å². The zero-order chi connectivity index (χ0) is 25.1. The number of halogens is 2. The van der Waals surface area contributed by atoms with E-state index in [1.807, 2.05) is 0 Å². The Hall–Kier alpha value is -0.833. The SMILES string of the molecule is CCc1cc2c(-c3cc([Si](C)(C)C)cc([Si](C)(C)C)c3)c(-c3ccccc3)ccc2[cH-]1.[Cl][Zr][Cl]. The van der Waals surface area contributed by atoms with Gasteiger partial charge in [-0.05, 0) is 23.1 Å². The molecule has 0 spiro atoms. The van der Waals surface area contributed by atoms with E-state index in [0.29, 0.717) is 0 Å². The zero-order valence-electron chi connectivity index (χ0n) is 21.4. The predicted molar refractivity (Wildman–Crippen MR) is 157 cm³/mol. The third-order valence-electron chi connectivity index (χ3n) is 6.40. The molecule has 0 saturated heterocycles. The van der Waals surface area contributed by atoms with Gasteiger partial charge in [0.25, 0.3) is 0 Å². The van der Waals surface area contributed by atoms with Crippen LogP contribution in [0.5, 0.6) is 0 Å². The molecule has 0 radical (unpaired) electrons. The summed E-state index contributed by atoms with van der Waals surface area (Å²) < 4.78 is 0. The molecule has 0 atom stereocenters. The van der Waals surface area contributed by atoms with Crippen molar-refractivity contribution in [3.63, 3.8) is 0 Å². The normalized spacial score (nSPS) is 11.8. The van der Waals surface area contributed by atoms with Gasteiger partial charge in [0.1, 0.15) is 0 Å². The number of fused-ring (bicyclic) bond motifs is 1. The molecule has 4 rings (SSSR count). The van der Waals surface area contributed by atoms with Crippen molar-refractivity contribution in [1.29, 1.82) is 0 Å². The van der Waals surface area contributed by atoms with E-state index >= 15 is 0 Å². The summed E-state index contributed by atoms with van der Waals surface area (Å²) in [5.74, 6) is 0. The molecule has 5 heteroatoms. The fraction of sp³-hybridized carbons (Fsp3) is 0.276. The summed E-state index contributed by atoms with van der Waals surface area (Å²) in [4.78, 5) is 0. The molecule has 4 aromatic carbocycles. The molecule has 0 nitrogen and oxygen atoms in total. The van der Waals surface area contributed by atoms with E-state index in [1.54, 1.807) is 10.4 Å². The van der Waals surface area contributed by atoms with E-state index in [9.17, 15) is 0 Å². The van der Waals surface area contributed by atoms with E-state index in [0.717, 1.165) is 6.42 Å². The van der Waals surface area contributed by atoms with Crippen LogP contribution < -0.4 is 10.4 Å². The molecule has 34 heavy (non-hydrogen) atoms. The Kier molecular flexibility index (Phi) is 9.37. The Bertz CT molecular complexity index is 1220. The second kappa shape index (κ2) is 11.5. The van der Waals surface area contributed by atoms with E-state index in [1.165, 1.54) is 38.6 Å². The first-order chi connectivity index (χ1) is 16.0. The fourth-order valence-electron chi connectivity index (χ4n) is 4.36. The van der Waals surface area contributed by atoms with Crippen molar-refractivity contribution in [2.24, 2.45) is 0 Å². The number of hydrogen-bond acceptors (Lipinski definition) is 0. The summed E-state index contributed by atoms with van der Waals surface area (Å²) in [6.07, 6.45) is 1.07. The second-order valence-corrected chi connectivity index (χ2v) is 24.8. The van der Waals surface area contributed by atoms with Crippen molar-refractivity contribution in [3.8, 4) is 22.3 Å². The first-order valence-corrected chi connectivity index (χ1v) is 25.2. The molecule has 0 N–H and O–H groups in total. The molecule has 0 fully saturated rings. The van der Waals surface area contributed by atoms with Gasteiger partial charge in [0.15, 0.2) is 0 Å². The maximum absolute atomic E-state index is 4.93. The van der Waals surface area contributed by atoms with E-state index < -0.39 is 37.0 Å². The van der Waals surface area contributed by atoms with Gasteiger partial charge in [-0.1, -0.05) is 117 Å². The van der Waals surface area contributed by atoms with Gasteiger partial charge in [-0.2, -0.15) is 6.07 Å². The van der Waals surface area contributed by atoms with Crippen molar-refractivity contribution in [1.82, 2.24) is 0 Å². The molecule has 0 aliphatic carbocycles. The van der Waals surface area contributed by atoms with Crippen LogP contribution in [0.25, 0.3) is 33.0 Å². The van der Waals surface area contributed by atoms with Gasteiger partial charge in [0.05, 0.1) is 16.1 Å². The molecule has 0 aromatic heterocycles. The van der Waals surface area contributed by atoms with Gasteiger partial charge in [-0.25, -0.2) is 0 Å². The second-order valence-electron chi connectivity index (χ2n) is 10.9. The maximum atomic E-state index is 4.93. The van der Waals surface area contributed by atoms with Crippen molar-refractivity contribution >= 4 is 54.3 Å².